The molecule has 0 aliphatic rings. The Morgan fingerprint density at radius 3 is 2.07 bits per heavy atom. The summed E-state index contributed by atoms with van der Waals surface area (Å²) < 4.78 is 0. The van der Waals surface area contributed by atoms with Gasteiger partial charge in [-0.2, -0.15) is 5.26 Å². The molecule has 1 rings (SSSR count). The molecule has 15 heavy (non-hydrogen) atoms. The van der Waals surface area contributed by atoms with Crippen molar-refractivity contribution in [2.75, 3.05) is 11.9 Å². The minimum atomic E-state index is -0.0881. The van der Waals surface area contributed by atoms with Gasteiger partial charge in [0.1, 0.15) is 6.04 Å². The number of benzene rings is 1. The average molecular weight is 202 g/mol. The number of rotatable bonds is 3. The second-order valence-electron chi connectivity index (χ2n) is 4.16. The maximum Gasteiger partial charge on any atom is 0.113 e. The van der Waals surface area contributed by atoms with Crippen molar-refractivity contribution in [1.82, 2.24) is 0 Å². The quantitative estimate of drug-likeness (QED) is 0.752. The maximum atomic E-state index is 8.82. The van der Waals surface area contributed by atoms with Crippen LogP contribution < -0.4 is 4.90 Å². The van der Waals surface area contributed by atoms with E-state index in [0.29, 0.717) is 5.92 Å². The minimum Gasteiger partial charge on any atom is -0.359 e. The molecule has 0 radical (unpaired) electrons. The summed E-state index contributed by atoms with van der Waals surface area (Å²) in [5.74, 6) is 0.553. The van der Waals surface area contributed by atoms with Gasteiger partial charge in [-0.15, -0.1) is 0 Å². The fraction of sp³-hybridized carbons (Fsp3) is 0.462. The summed E-state index contributed by atoms with van der Waals surface area (Å²) in [6.45, 7) is 6.25. The van der Waals surface area contributed by atoms with E-state index in [2.05, 4.69) is 44.2 Å². The van der Waals surface area contributed by atoms with Crippen LogP contribution in [0.5, 0.6) is 0 Å². The molecule has 0 aliphatic heterocycles. The lowest BCUT2D eigenvalue weighted by molar-refractivity contribution is 0.831. The molecule has 0 saturated carbocycles. The summed E-state index contributed by atoms with van der Waals surface area (Å²) in [5.41, 5.74) is 2.42. The minimum absolute atomic E-state index is 0.0881. The van der Waals surface area contributed by atoms with E-state index in [4.69, 9.17) is 5.26 Å². The van der Waals surface area contributed by atoms with Crippen molar-refractivity contribution in [2.24, 2.45) is 0 Å². The molecule has 1 aromatic carbocycles. The Hall–Kier alpha value is -1.49. The fourth-order valence-electron chi connectivity index (χ4n) is 1.40. The van der Waals surface area contributed by atoms with Crippen LogP contribution in [0, 0.1) is 11.3 Å². The molecule has 2 heteroatoms. The molecule has 0 N–H and O–H groups in total. The number of nitrogens with zero attached hydrogens (tertiary/aromatic N) is 2. The summed E-state index contributed by atoms with van der Waals surface area (Å²) in [6, 6.07) is 10.5. The van der Waals surface area contributed by atoms with Crippen molar-refractivity contribution < 1.29 is 0 Å². The summed E-state index contributed by atoms with van der Waals surface area (Å²) >= 11 is 0. The summed E-state index contributed by atoms with van der Waals surface area (Å²) in [5, 5.41) is 8.82. The van der Waals surface area contributed by atoms with Crippen molar-refractivity contribution in [3.05, 3.63) is 29.8 Å². The first-order chi connectivity index (χ1) is 7.06. The van der Waals surface area contributed by atoms with E-state index in [1.54, 1.807) is 0 Å². The second-order valence-corrected chi connectivity index (χ2v) is 4.16. The fourth-order valence-corrected chi connectivity index (χ4v) is 1.40. The molecule has 1 atom stereocenters. The van der Waals surface area contributed by atoms with Gasteiger partial charge in [-0.1, -0.05) is 26.0 Å². The topological polar surface area (TPSA) is 27.0 Å². The number of hydrogen-bond donors (Lipinski definition) is 0. The zero-order valence-corrected chi connectivity index (χ0v) is 9.86. The van der Waals surface area contributed by atoms with E-state index in [0.717, 1.165) is 5.69 Å². The van der Waals surface area contributed by atoms with Crippen LogP contribution in [0.25, 0.3) is 0 Å². The molecule has 2 nitrogen and oxygen atoms in total. The predicted molar refractivity (Wildman–Crippen MR) is 64.0 cm³/mol. The van der Waals surface area contributed by atoms with Gasteiger partial charge in [0.05, 0.1) is 6.07 Å². The van der Waals surface area contributed by atoms with Crippen molar-refractivity contribution in [1.29, 1.82) is 5.26 Å². The molecule has 0 aromatic heterocycles. The van der Waals surface area contributed by atoms with Gasteiger partial charge < -0.3 is 4.90 Å². The summed E-state index contributed by atoms with van der Waals surface area (Å²) in [4.78, 5) is 1.98. The smallest absolute Gasteiger partial charge is 0.113 e. The van der Waals surface area contributed by atoms with Gasteiger partial charge in [0.2, 0.25) is 0 Å². The summed E-state index contributed by atoms with van der Waals surface area (Å²) in [6.07, 6.45) is 0. The third-order valence-electron chi connectivity index (χ3n) is 2.73. The summed E-state index contributed by atoms with van der Waals surface area (Å²) in [7, 11) is 1.94. The van der Waals surface area contributed by atoms with Crippen LogP contribution in [-0.2, 0) is 0 Å². The van der Waals surface area contributed by atoms with Gasteiger partial charge >= 0.3 is 0 Å². The van der Waals surface area contributed by atoms with Crippen molar-refractivity contribution in [3.8, 4) is 6.07 Å². The molecular weight excluding hydrogens is 184 g/mol. The Labute approximate surface area is 92.1 Å². The molecule has 0 amide bonds. The zero-order valence-electron chi connectivity index (χ0n) is 9.86. The van der Waals surface area contributed by atoms with Crippen molar-refractivity contribution in [3.63, 3.8) is 0 Å². The second kappa shape index (κ2) is 4.84. The highest BCUT2D eigenvalue weighted by atomic mass is 15.1. The lowest BCUT2D eigenvalue weighted by Crippen LogP contribution is -2.26. The molecule has 0 aliphatic carbocycles. The van der Waals surface area contributed by atoms with Crippen LogP contribution in [0.1, 0.15) is 32.3 Å². The molecule has 1 unspecified atom stereocenters. The third-order valence-corrected chi connectivity index (χ3v) is 2.73. The van der Waals surface area contributed by atoms with Gasteiger partial charge in [-0.3, -0.25) is 0 Å². The van der Waals surface area contributed by atoms with E-state index in [1.807, 2.05) is 18.9 Å². The Morgan fingerprint density at radius 1 is 1.13 bits per heavy atom. The molecular formula is C13H18N2. The lowest BCUT2D eigenvalue weighted by atomic mass is 10.0. The van der Waals surface area contributed by atoms with Gasteiger partial charge in [0.15, 0.2) is 0 Å². The molecule has 1 aromatic rings. The highest BCUT2D eigenvalue weighted by Gasteiger charge is 2.08. The van der Waals surface area contributed by atoms with Gasteiger partial charge in [-0.25, -0.2) is 0 Å². The molecule has 0 bridgehead atoms. The van der Waals surface area contributed by atoms with Crippen molar-refractivity contribution >= 4 is 5.69 Å². The van der Waals surface area contributed by atoms with Crippen LogP contribution in [0.4, 0.5) is 5.69 Å². The maximum absolute atomic E-state index is 8.82. The molecule has 0 fully saturated rings. The lowest BCUT2D eigenvalue weighted by Gasteiger charge is -2.22. The molecule has 80 valence electrons. The molecule has 0 heterocycles. The first-order valence-electron chi connectivity index (χ1n) is 5.28. The van der Waals surface area contributed by atoms with E-state index >= 15 is 0 Å². The number of nitriles is 1. The normalized spacial score (nSPS) is 12.3. The van der Waals surface area contributed by atoms with Crippen LogP contribution in [-0.4, -0.2) is 13.1 Å². The zero-order chi connectivity index (χ0) is 11.4. The SMILES string of the molecule is CC(C)c1ccc(N(C)C(C)C#N)cc1. The van der Waals surface area contributed by atoms with Crippen molar-refractivity contribution in [2.45, 2.75) is 32.7 Å². The van der Waals surface area contributed by atoms with E-state index in [1.165, 1.54) is 5.56 Å². The van der Waals surface area contributed by atoms with Gasteiger partial charge in [0.25, 0.3) is 0 Å². The predicted octanol–water partition coefficient (Wildman–Crippen LogP) is 3.16. The monoisotopic (exact) mass is 202 g/mol. The Bertz CT molecular complexity index is 346. The van der Waals surface area contributed by atoms with Crippen LogP contribution >= 0.6 is 0 Å². The van der Waals surface area contributed by atoms with Gasteiger partial charge in [0, 0.05) is 12.7 Å². The first kappa shape index (κ1) is 11.6. The Balaban J connectivity index is 2.85. The van der Waals surface area contributed by atoms with Crippen LogP contribution in [0.15, 0.2) is 24.3 Å². The largest absolute Gasteiger partial charge is 0.359 e. The highest BCUT2D eigenvalue weighted by Crippen LogP contribution is 2.20. The standard InChI is InChI=1S/C13H18N2/c1-10(2)12-5-7-13(8-6-12)15(4)11(3)9-14/h5-8,10-11H,1-4H3. The van der Waals surface area contributed by atoms with Crippen LogP contribution in [0.2, 0.25) is 0 Å². The molecule has 0 saturated heterocycles. The number of hydrogen-bond acceptors (Lipinski definition) is 2. The highest BCUT2D eigenvalue weighted by molar-refractivity contribution is 5.49. The Morgan fingerprint density at radius 2 is 1.67 bits per heavy atom. The molecule has 0 spiro atoms. The third kappa shape index (κ3) is 2.73. The van der Waals surface area contributed by atoms with E-state index < -0.39 is 0 Å². The van der Waals surface area contributed by atoms with Crippen LogP contribution in [0.3, 0.4) is 0 Å². The van der Waals surface area contributed by atoms with Gasteiger partial charge in [-0.05, 0) is 30.5 Å². The Kier molecular flexibility index (Phi) is 3.74. The average Bonchev–Trinajstić information content (AvgIpc) is 2.27. The number of anilines is 1. The van der Waals surface area contributed by atoms with E-state index in [9.17, 15) is 0 Å². The first-order valence-corrected chi connectivity index (χ1v) is 5.28. The van der Waals surface area contributed by atoms with E-state index in [-0.39, 0.29) is 6.04 Å².